The summed E-state index contributed by atoms with van der Waals surface area (Å²) >= 11 is 0. The first-order valence-electron chi connectivity index (χ1n) is 6.18. The average molecular weight is 291 g/mol. The van der Waals surface area contributed by atoms with E-state index in [9.17, 15) is 14.4 Å². The van der Waals surface area contributed by atoms with Crippen molar-refractivity contribution in [1.82, 2.24) is 10.2 Å². The molecule has 21 heavy (non-hydrogen) atoms. The number of aliphatic carboxylic acids is 1. The van der Waals surface area contributed by atoms with Crippen molar-refractivity contribution in [3.05, 3.63) is 48.6 Å². The molecule has 3 amide bonds. The maximum atomic E-state index is 12.4. The zero-order chi connectivity index (χ0) is 15.8. The predicted molar refractivity (Wildman–Crippen MR) is 76.3 cm³/mol. The molecule has 1 aromatic carbocycles. The van der Waals surface area contributed by atoms with Crippen LogP contribution in [0.4, 0.5) is 4.79 Å². The molecule has 4 N–H and O–H groups in total. The number of nitrogens with one attached hydrogen (secondary N) is 1. The maximum absolute atomic E-state index is 12.4. The summed E-state index contributed by atoms with van der Waals surface area (Å²) in [6, 6.07) is 6.54. The molecule has 1 atom stereocenters. The number of hydrogen-bond donors (Lipinski definition) is 3. The van der Waals surface area contributed by atoms with Crippen LogP contribution in [0.25, 0.3) is 0 Å². The van der Waals surface area contributed by atoms with Gasteiger partial charge in [-0.2, -0.15) is 0 Å². The van der Waals surface area contributed by atoms with E-state index in [0.29, 0.717) is 5.56 Å². The van der Waals surface area contributed by atoms with E-state index in [1.807, 2.05) is 0 Å². The van der Waals surface area contributed by atoms with Crippen LogP contribution in [0.15, 0.2) is 43.0 Å². The predicted octanol–water partition coefficient (Wildman–Crippen LogP) is 0.495. The van der Waals surface area contributed by atoms with Crippen LogP contribution in [0.1, 0.15) is 11.6 Å². The smallest absolute Gasteiger partial charge is 0.323 e. The second kappa shape index (κ2) is 7.68. The van der Waals surface area contributed by atoms with Gasteiger partial charge in [-0.05, 0) is 5.56 Å². The zero-order valence-corrected chi connectivity index (χ0v) is 11.4. The third-order valence-electron chi connectivity index (χ3n) is 2.65. The Kier molecular flexibility index (Phi) is 5.94. The summed E-state index contributed by atoms with van der Waals surface area (Å²) in [6.07, 6.45) is 1.41. The minimum atomic E-state index is -1.16. The average Bonchev–Trinajstić information content (AvgIpc) is 2.44. The number of carboxylic acids is 1. The highest BCUT2D eigenvalue weighted by atomic mass is 16.4. The van der Waals surface area contributed by atoms with Crippen molar-refractivity contribution in [2.75, 3.05) is 13.1 Å². The van der Waals surface area contributed by atoms with Crippen LogP contribution >= 0.6 is 0 Å². The summed E-state index contributed by atoms with van der Waals surface area (Å²) in [5.74, 6) is -1.72. The van der Waals surface area contributed by atoms with Crippen LogP contribution in [-0.4, -0.2) is 41.0 Å². The molecule has 0 aliphatic carbocycles. The lowest BCUT2D eigenvalue weighted by Crippen LogP contribution is -2.46. The number of amides is 3. The Hall–Kier alpha value is -2.83. The van der Waals surface area contributed by atoms with Gasteiger partial charge >= 0.3 is 12.0 Å². The van der Waals surface area contributed by atoms with Crippen molar-refractivity contribution in [2.24, 2.45) is 5.73 Å². The second-order valence-corrected chi connectivity index (χ2v) is 4.25. The highest BCUT2D eigenvalue weighted by Gasteiger charge is 2.27. The van der Waals surface area contributed by atoms with Crippen molar-refractivity contribution in [2.45, 2.75) is 6.04 Å². The molecule has 0 bridgehead atoms. The number of urea groups is 1. The molecule has 1 unspecified atom stereocenters. The summed E-state index contributed by atoms with van der Waals surface area (Å²) < 4.78 is 0. The second-order valence-electron chi connectivity index (χ2n) is 4.25. The Labute approximate surface area is 122 Å². The third-order valence-corrected chi connectivity index (χ3v) is 2.65. The molecule has 0 aliphatic heterocycles. The van der Waals surface area contributed by atoms with Crippen molar-refractivity contribution in [1.29, 1.82) is 0 Å². The number of nitrogens with two attached hydrogens (primary N) is 1. The van der Waals surface area contributed by atoms with Gasteiger partial charge in [-0.25, -0.2) is 4.79 Å². The number of primary amides is 1. The van der Waals surface area contributed by atoms with Gasteiger partial charge in [0.25, 0.3) is 5.91 Å². The lowest BCUT2D eigenvalue weighted by molar-refractivity contribution is -0.144. The van der Waals surface area contributed by atoms with E-state index < -0.39 is 30.5 Å². The molecule has 0 aromatic heterocycles. The molecular weight excluding hydrogens is 274 g/mol. The summed E-state index contributed by atoms with van der Waals surface area (Å²) in [4.78, 5) is 35.4. The summed E-state index contributed by atoms with van der Waals surface area (Å²) in [5, 5.41) is 11.2. The van der Waals surface area contributed by atoms with Gasteiger partial charge in [-0.1, -0.05) is 36.4 Å². The van der Waals surface area contributed by atoms with E-state index in [0.717, 1.165) is 4.90 Å². The fourth-order valence-corrected chi connectivity index (χ4v) is 1.81. The normalized spacial score (nSPS) is 11.2. The van der Waals surface area contributed by atoms with Crippen LogP contribution in [0, 0.1) is 0 Å². The number of carbonyl (C=O) groups is 3. The molecule has 0 spiro atoms. The van der Waals surface area contributed by atoms with E-state index >= 15 is 0 Å². The molecule has 112 valence electrons. The number of carbonyl (C=O) groups excluding carboxylic acids is 2. The fourth-order valence-electron chi connectivity index (χ4n) is 1.81. The van der Waals surface area contributed by atoms with E-state index in [1.54, 1.807) is 30.3 Å². The molecule has 0 radical (unpaired) electrons. The Morgan fingerprint density at radius 2 is 1.95 bits per heavy atom. The molecule has 0 saturated carbocycles. The molecule has 1 aromatic rings. The molecule has 7 nitrogen and oxygen atoms in total. The standard InChI is InChI=1S/C14H17N3O4/c1-2-8-17(9-11(18)19)13(20)12(16-14(15)21)10-6-4-3-5-7-10/h2-7,12H,1,8-9H2,(H,18,19)(H3,15,16,21). The molecule has 0 fully saturated rings. The molecule has 0 aliphatic rings. The first-order valence-corrected chi connectivity index (χ1v) is 6.18. The van der Waals surface area contributed by atoms with Gasteiger partial charge in [-0.15, -0.1) is 6.58 Å². The van der Waals surface area contributed by atoms with Gasteiger partial charge < -0.3 is 21.1 Å². The largest absolute Gasteiger partial charge is 0.480 e. The van der Waals surface area contributed by atoms with Gasteiger partial charge in [-0.3, -0.25) is 9.59 Å². The minimum Gasteiger partial charge on any atom is -0.480 e. The Balaban J connectivity index is 3.05. The third kappa shape index (κ3) is 4.98. The van der Waals surface area contributed by atoms with Crippen molar-refractivity contribution in [3.63, 3.8) is 0 Å². The SMILES string of the molecule is C=CCN(CC(=O)O)C(=O)C(NC(N)=O)c1ccccc1. The first kappa shape index (κ1) is 16.2. The number of hydrogen-bond acceptors (Lipinski definition) is 3. The van der Waals surface area contributed by atoms with Gasteiger partial charge in [0.2, 0.25) is 0 Å². The van der Waals surface area contributed by atoms with Gasteiger partial charge in [0.15, 0.2) is 0 Å². The van der Waals surface area contributed by atoms with E-state index in [-0.39, 0.29) is 6.54 Å². The Morgan fingerprint density at radius 3 is 2.43 bits per heavy atom. The van der Waals surface area contributed by atoms with Gasteiger partial charge in [0.1, 0.15) is 12.6 Å². The molecular formula is C14H17N3O4. The molecule has 0 saturated heterocycles. The monoisotopic (exact) mass is 291 g/mol. The zero-order valence-electron chi connectivity index (χ0n) is 11.4. The van der Waals surface area contributed by atoms with E-state index in [2.05, 4.69) is 11.9 Å². The molecule has 1 rings (SSSR count). The van der Waals surface area contributed by atoms with Crippen molar-refractivity contribution >= 4 is 17.9 Å². The molecule has 7 heteroatoms. The van der Waals surface area contributed by atoms with E-state index in [1.165, 1.54) is 6.08 Å². The quantitative estimate of drug-likeness (QED) is 0.635. The van der Waals surface area contributed by atoms with Crippen LogP contribution in [0.5, 0.6) is 0 Å². The molecule has 0 heterocycles. The number of rotatable bonds is 7. The Morgan fingerprint density at radius 1 is 1.33 bits per heavy atom. The number of benzene rings is 1. The first-order chi connectivity index (χ1) is 9.95. The maximum Gasteiger partial charge on any atom is 0.323 e. The van der Waals surface area contributed by atoms with Crippen LogP contribution in [-0.2, 0) is 9.59 Å². The van der Waals surface area contributed by atoms with E-state index in [4.69, 9.17) is 10.8 Å². The lowest BCUT2D eigenvalue weighted by Gasteiger charge is -2.25. The number of nitrogens with zero attached hydrogens (tertiary/aromatic N) is 1. The van der Waals surface area contributed by atoms with Crippen LogP contribution < -0.4 is 11.1 Å². The van der Waals surface area contributed by atoms with Crippen LogP contribution in [0.3, 0.4) is 0 Å². The fraction of sp³-hybridized carbons (Fsp3) is 0.214. The highest BCUT2D eigenvalue weighted by molar-refractivity contribution is 5.89. The number of carboxylic acid groups (broad SMARTS) is 1. The highest BCUT2D eigenvalue weighted by Crippen LogP contribution is 2.15. The van der Waals surface area contributed by atoms with Crippen molar-refractivity contribution in [3.8, 4) is 0 Å². The summed E-state index contributed by atoms with van der Waals surface area (Å²) in [5.41, 5.74) is 5.60. The van der Waals surface area contributed by atoms with Crippen LogP contribution in [0.2, 0.25) is 0 Å². The summed E-state index contributed by atoms with van der Waals surface area (Å²) in [7, 11) is 0. The van der Waals surface area contributed by atoms with Gasteiger partial charge in [0, 0.05) is 6.54 Å². The topological polar surface area (TPSA) is 113 Å². The summed E-state index contributed by atoms with van der Waals surface area (Å²) in [6.45, 7) is 3.04. The minimum absolute atomic E-state index is 0.0505. The van der Waals surface area contributed by atoms with Gasteiger partial charge in [0.05, 0.1) is 0 Å². The lowest BCUT2D eigenvalue weighted by atomic mass is 10.1. The Bertz CT molecular complexity index is 530. The van der Waals surface area contributed by atoms with Crippen molar-refractivity contribution < 1.29 is 19.5 Å².